The molecule has 0 aliphatic heterocycles. The fourth-order valence-electron chi connectivity index (χ4n) is 4.18. The summed E-state index contributed by atoms with van der Waals surface area (Å²) in [5.41, 5.74) is 12.3. The van der Waals surface area contributed by atoms with Crippen LogP contribution < -0.4 is 16.8 Å². The van der Waals surface area contributed by atoms with E-state index in [4.69, 9.17) is 23.1 Å². The lowest BCUT2D eigenvalue weighted by molar-refractivity contribution is -0.139. The first-order valence-electron chi connectivity index (χ1n) is 12.3. The minimum atomic E-state index is -0.784. The summed E-state index contributed by atoms with van der Waals surface area (Å²) in [6.45, 7) is 0.983. The van der Waals surface area contributed by atoms with Crippen molar-refractivity contribution in [3.63, 3.8) is 0 Å². The monoisotopic (exact) mass is 561 g/mol. The van der Waals surface area contributed by atoms with Crippen LogP contribution in [0, 0.1) is 5.82 Å². The van der Waals surface area contributed by atoms with Crippen LogP contribution in [0.15, 0.2) is 36.4 Å². The molecule has 3 amide bonds. The molecule has 0 saturated heterocycles. The van der Waals surface area contributed by atoms with E-state index < -0.39 is 48.8 Å². The molecule has 3 rings (SSSR count). The number of benzene rings is 2. The van der Waals surface area contributed by atoms with Crippen molar-refractivity contribution in [3.05, 3.63) is 58.5 Å². The molecular weight excluding hydrogens is 529 g/mol. The molecule has 2 atom stereocenters. The van der Waals surface area contributed by atoms with E-state index in [1.165, 1.54) is 21.7 Å². The van der Waals surface area contributed by atoms with Gasteiger partial charge in [-0.1, -0.05) is 23.7 Å². The molecule has 2 aromatic carbocycles. The first kappa shape index (κ1) is 29.8. The Morgan fingerprint density at radius 3 is 2.59 bits per heavy atom. The SMILES string of the molecule is CC(CO)N(CC(=O)N[C@@H](CCN(C)C)c1cccc(Cl)c1F)C(=O)Cn1nc(C(N)=O)c2cc(N)ccc21. The van der Waals surface area contributed by atoms with E-state index in [1.54, 1.807) is 31.2 Å². The number of halogens is 2. The van der Waals surface area contributed by atoms with Crippen LogP contribution in [-0.2, 0) is 16.1 Å². The number of aliphatic hydroxyl groups excluding tert-OH is 1. The number of aromatic nitrogens is 2. The number of nitrogens with zero attached hydrogens (tertiary/aromatic N) is 4. The Morgan fingerprint density at radius 2 is 1.95 bits per heavy atom. The van der Waals surface area contributed by atoms with Gasteiger partial charge in [-0.25, -0.2) is 4.39 Å². The predicted octanol–water partition coefficient (Wildman–Crippen LogP) is 1.53. The minimum absolute atomic E-state index is 0.0446. The Hall–Kier alpha value is -3.74. The van der Waals surface area contributed by atoms with Crippen LogP contribution in [0.25, 0.3) is 10.9 Å². The van der Waals surface area contributed by atoms with Gasteiger partial charge >= 0.3 is 0 Å². The van der Waals surface area contributed by atoms with Crippen molar-refractivity contribution in [2.75, 3.05) is 39.5 Å². The molecule has 11 nitrogen and oxygen atoms in total. The van der Waals surface area contributed by atoms with Crippen LogP contribution in [0.3, 0.4) is 0 Å². The Bertz CT molecular complexity index is 1360. The maximum atomic E-state index is 14.8. The molecule has 1 aromatic heterocycles. The van der Waals surface area contributed by atoms with E-state index in [0.717, 1.165) is 0 Å². The highest BCUT2D eigenvalue weighted by Crippen LogP contribution is 2.26. The van der Waals surface area contributed by atoms with Gasteiger partial charge in [0.1, 0.15) is 12.4 Å². The van der Waals surface area contributed by atoms with E-state index in [-0.39, 0.29) is 22.8 Å². The third-order valence-corrected chi connectivity index (χ3v) is 6.57. The third-order valence-electron chi connectivity index (χ3n) is 6.28. The molecule has 3 aromatic rings. The fraction of sp³-hybridized carbons (Fsp3) is 0.385. The van der Waals surface area contributed by atoms with Crippen LogP contribution >= 0.6 is 11.6 Å². The third kappa shape index (κ3) is 7.22. The Balaban J connectivity index is 1.84. The van der Waals surface area contributed by atoms with Crippen molar-refractivity contribution in [1.82, 2.24) is 24.9 Å². The van der Waals surface area contributed by atoms with Crippen molar-refractivity contribution in [1.29, 1.82) is 0 Å². The van der Waals surface area contributed by atoms with Crippen molar-refractivity contribution in [2.45, 2.75) is 32.0 Å². The number of carbonyl (C=O) groups excluding carboxylic acids is 3. The molecule has 13 heteroatoms. The van der Waals surface area contributed by atoms with Gasteiger partial charge in [0.15, 0.2) is 5.69 Å². The molecule has 0 aliphatic carbocycles. The molecule has 1 unspecified atom stereocenters. The quantitative estimate of drug-likeness (QED) is 0.244. The smallest absolute Gasteiger partial charge is 0.269 e. The van der Waals surface area contributed by atoms with Crippen LogP contribution in [0.5, 0.6) is 0 Å². The second kappa shape index (κ2) is 12.9. The predicted molar refractivity (Wildman–Crippen MR) is 146 cm³/mol. The number of aliphatic hydroxyl groups is 1. The van der Waals surface area contributed by atoms with Crippen LogP contribution in [0.4, 0.5) is 10.1 Å². The molecule has 0 spiro atoms. The summed E-state index contributed by atoms with van der Waals surface area (Å²) in [6, 6.07) is 7.88. The lowest BCUT2D eigenvalue weighted by atomic mass is 10.0. The molecule has 0 radical (unpaired) electrons. The standard InChI is InChI=1S/C26H33ClFN7O4/c1-15(14-36)34(23(38)13-35-21-8-7-16(29)11-18(21)25(32-35)26(30)39)12-22(37)31-20(9-10-33(2)3)17-5-4-6-19(27)24(17)28/h4-8,11,15,20,36H,9-10,12-14,29H2,1-3H3,(H2,30,39)(H,31,37)/t15?,20-/m0/s1. The first-order valence-corrected chi connectivity index (χ1v) is 12.6. The topological polar surface area (TPSA) is 160 Å². The number of nitrogens with two attached hydrogens (primary N) is 2. The van der Waals surface area contributed by atoms with Crippen molar-refractivity contribution in [2.24, 2.45) is 5.73 Å². The summed E-state index contributed by atoms with van der Waals surface area (Å²) in [5.74, 6) is -2.50. The largest absolute Gasteiger partial charge is 0.399 e. The van der Waals surface area contributed by atoms with E-state index in [2.05, 4.69) is 10.4 Å². The van der Waals surface area contributed by atoms with Gasteiger partial charge in [-0.3, -0.25) is 19.1 Å². The lowest BCUT2D eigenvalue weighted by Gasteiger charge is -2.29. The zero-order valence-electron chi connectivity index (χ0n) is 22.0. The highest BCUT2D eigenvalue weighted by molar-refractivity contribution is 6.30. The van der Waals surface area contributed by atoms with Crippen LogP contribution in [0.2, 0.25) is 5.02 Å². The zero-order chi connectivity index (χ0) is 28.9. The summed E-state index contributed by atoms with van der Waals surface area (Å²) in [7, 11) is 3.71. The van der Waals surface area contributed by atoms with E-state index in [0.29, 0.717) is 29.6 Å². The van der Waals surface area contributed by atoms with Gasteiger partial charge in [0.05, 0.1) is 35.8 Å². The molecule has 0 bridgehead atoms. The van der Waals surface area contributed by atoms with E-state index in [9.17, 15) is 23.9 Å². The minimum Gasteiger partial charge on any atom is -0.399 e. The van der Waals surface area contributed by atoms with Crippen molar-refractivity contribution >= 4 is 45.9 Å². The van der Waals surface area contributed by atoms with Gasteiger partial charge in [-0.2, -0.15) is 5.10 Å². The number of amides is 3. The van der Waals surface area contributed by atoms with Crippen molar-refractivity contribution in [3.8, 4) is 0 Å². The fourth-order valence-corrected chi connectivity index (χ4v) is 4.37. The highest BCUT2D eigenvalue weighted by Gasteiger charge is 2.27. The van der Waals surface area contributed by atoms with Gasteiger partial charge in [0, 0.05) is 16.6 Å². The molecule has 1 heterocycles. The van der Waals surface area contributed by atoms with Crippen LogP contribution in [-0.4, -0.2) is 82.2 Å². The number of fused-ring (bicyclic) bond motifs is 1. The molecule has 210 valence electrons. The zero-order valence-corrected chi connectivity index (χ0v) is 22.8. The number of nitrogens with one attached hydrogen (secondary N) is 1. The molecule has 6 N–H and O–H groups in total. The average molecular weight is 562 g/mol. The second-order valence-electron chi connectivity index (χ2n) is 9.56. The number of hydrogen-bond donors (Lipinski definition) is 4. The summed E-state index contributed by atoms with van der Waals surface area (Å²) >= 11 is 5.97. The molecular formula is C26H33ClFN7O4. The highest BCUT2D eigenvalue weighted by atomic mass is 35.5. The molecule has 0 fully saturated rings. The van der Waals surface area contributed by atoms with Gasteiger partial charge in [-0.05, 0) is 58.3 Å². The number of anilines is 1. The number of primary amides is 1. The molecule has 39 heavy (non-hydrogen) atoms. The van der Waals surface area contributed by atoms with Gasteiger partial charge in [-0.15, -0.1) is 0 Å². The second-order valence-corrected chi connectivity index (χ2v) is 9.96. The summed E-state index contributed by atoms with van der Waals surface area (Å²) in [5, 5.41) is 17.1. The van der Waals surface area contributed by atoms with Gasteiger partial charge in [0.25, 0.3) is 5.91 Å². The molecule has 0 aliphatic rings. The summed E-state index contributed by atoms with van der Waals surface area (Å²) < 4.78 is 16.1. The maximum absolute atomic E-state index is 14.8. The van der Waals surface area contributed by atoms with Crippen LogP contribution in [0.1, 0.15) is 35.4 Å². The Kier molecular flexibility index (Phi) is 9.84. The Morgan fingerprint density at radius 1 is 1.23 bits per heavy atom. The van der Waals surface area contributed by atoms with Gasteiger partial charge < -0.3 is 31.7 Å². The first-order chi connectivity index (χ1) is 18.4. The lowest BCUT2D eigenvalue weighted by Crippen LogP contribution is -2.48. The number of hydrogen-bond acceptors (Lipinski definition) is 7. The normalized spacial score (nSPS) is 12.9. The van der Waals surface area contributed by atoms with E-state index >= 15 is 0 Å². The summed E-state index contributed by atoms with van der Waals surface area (Å²) in [4.78, 5) is 41.5. The van der Waals surface area contributed by atoms with E-state index in [1.807, 2.05) is 19.0 Å². The number of carbonyl (C=O) groups is 3. The number of nitrogen functional groups attached to an aromatic ring is 1. The number of rotatable bonds is 12. The maximum Gasteiger partial charge on any atom is 0.269 e. The van der Waals surface area contributed by atoms with Gasteiger partial charge in [0.2, 0.25) is 11.8 Å². The Labute approximate surface area is 230 Å². The average Bonchev–Trinajstić information content (AvgIpc) is 3.23. The van der Waals surface area contributed by atoms with Crippen molar-refractivity contribution < 1.29 is 23.9 Å². The summed E-state index contributed by atoms with van der Waals surface area (Å²) in [6.07, 6.45) is 0.387. The molecule has 0 saturated carbocycles.